The number of nitrogens with one attached hydrogen (secondary N) is 1. The maximum absolute atomic E-state index is 12.6. The van der Waals surface area contributed by atoms with E-state index in [9.17, 15) is 14.7 Å². The summed E-state index contributed by atoms with van der Waals surface area (Å²) in [5.41, 5.74) is 0.771. The van der Waals surface area contributed by atoms with Crippen LogP contribution < -0.4 is 5.32 Å². The molecule has 1 saturated carbocycles. The molecule has 3 rings (SSSR count). The summed E-state index contributed by atoms with van der Waals surface area (Å²) in [5.74, 6) is -0.167. The first kappa shape index (κ1) is 17.8. The zero-order valence-electron chi connectivity index (χ0n) is 14.6. The van der Waals surface area contributed by atoms with E-state index in [0.29, 0.717) is 26.2 Å². The number of hydrogen-bond acceptors (Lipinski definition) is 5. The standard InChI is InChI=1S/C18H26N4O3/c1-21(12-18(13-23)5-6-18)16(24)10-15-17(25)20-8-9-22(15)11-14-4-2-3-7-19-14/h2-4,7,15,23H,5-6,8-13H2,1H3,(H,20,25)/t15-/m0/s1. The third-order valence-corrected chi connectivity index (χ3v) is 5.19. The summed E-state index contributed by atoms with van der Waals surface area (Å²) in [4.78, 5) is 32.9. The number of aromatic nitrogens is 1. The third-order valence-electron chi connectivity index (χ3n) is 5.19. The summed E-state index contributed by atoms with van der Waals surface area (Å²) in [6, 6.07) is 5.23. The van der Waals surface area contributed by atoms with Gasteiger partial charge < -0.3 is 15.3 Å². The van der Waals surface area contributed by atoms with Crippen molar-refractivity contribution in [2.75, 3.05) is 33.3 Å². The lowest BCUT2D eigenvalue weighted by Crippen LogP contribution is -2.56. The van der Waals surface area contributed by atoms with E-state index in [0.717, 1.165) is 18.5 Å². The van der Waals surface area contributed by atoms with E-state index in [4.69, 9.17) is 0 Å². The highest BCUT2D eigenvalue weighted by molar-refractivity contribution is 5.88. The highest BCUT2D eigenvalue weighted by Gasteiger charge is 2.44. The molecule has 0 bridgehead atoms. The molecule has 0 unspecified atom stereocenters. The summed E-state index contributed by atoms with van der Waals surface area (Å²) in [6.45, 7) is 2.50. The van der Waals surface area contributed by atoms with Gasteiger partial charge in [-0.05, 0) is 25.0 Å². The molecular formula is C18H26N4O3. The molecule has 0 spiro atoms. The second-order valence-corrected chi connectivity index (χ2v) is 7.21. The molecule has 25 heavy (non-hydrogen) atoms. The zero-order valence-corrected chi connectivity index (χ0v) is 14.6. The van der Waals surface area contributed by atoms with Gasteiger partial charge in [0.25, 0.3) is 0 Å². The summed E-state index contributed by atoms with van der Waals surface area (Å²) < 4.78 is 0. The Hall–Kier alpha value is -1.99. The topological polar surface area (TPSA) is 85.8 Å². The van der Waals surface area contributed by atoms with Crippen LogP contribution in [0.15, 0.2) is 24.4 Å². The van der Waals surface area contributed by atoms with Crippen molar-refractivity contribution in [3.63, 3.8) is 0 Å². The van der Waals surface area contributed by atoms with Crippen molar-refractivity contribution in [2.45, 2.75) is 31.8 Å². The molecule has 2 N–H and O–H groups in total. The highest BCUT2D eigenvalue weighted by atomic mass is 16.3. The average molecular weight is 346 g/mol. The molecule has 2 fully saturated rings. The number of pyridine rings is 1. The lowest BCUT2D eigenvalue weighted by molar-refractivity contribution is -0.138. The van der Waals surface area contributed by atoms with Gasteiger partial charge in [-0.2, -0.15) is 0 Å². The molecule has 136 valence electrons. The van der Waals surface area contributed by atoms with Gasteiger partial charge in [0, 0.05) is 44.8 Å². The molecular weight excluding hydrogens is 320 g/mol. The molecule has 1 aromatic heterocycles. The summed E-state index contributed by atoms with van der Waals surface area (Å²) >= 11 is 0. The Morgan fingerprint density at radius 1 is 1.48 bits per heavy atom. The van der Waals surface area contributed by atoms with Crippen molar-refractivity contribution in [1.82, 2.24) is 20.1 Å². The third kappa shape index (κ3) is 4.35. The summed E-state index contributed by atoms with van der Waals surface area (Å²) in [5, 5.41) is 12.3. The molecule has 1 aromatic rings. The molecule has 2 heterocycles. The molecule has 2 aliphatic rings. The number of aliphatic hydroxyl groups is 1. The molecule has 1 aliphatic carbocycles. The monoisotopic (exact) mass is 346 g/mol. The van der Waals surface area contributed by atoms with E-state index in [1.54, 1.807) is 18.1 Å². The van der Waals surface area contributed by atoms with Crippen LogP contribution in [0.4, 0.5) is 0 Å². The largest absolute Gasteiger partial charge is 0.396 e. The number of aliphatic hydroxyl groups excluding tert-OH is 1. The van der Waals surface area contributed by atoms with Crippen LogP contribution in [0.1, 0.15) is 25.0 Å². The summed E-state index contributed by atoms with van der Waals surface area (Å²) in [6.07, 6.45) is 3.79. The maximum Gasteiger partial charge on any atom is 0.237 e. The van der Waals surface area contributed by atoms with Crippen LogP contribution >= 0.6 is 0 Å². The van der Waals surface area contributed by atoms with Crippen molar-refractivity contribution in [3.8, 4) is 0 Å². The predicted octanol–water partition coefficient (Wildman–Crippen LogP) is 0.00300. The Bertz CT molecular complexity index is 618. The van der Waals surface area contributed by atoms with Crippen molar-refractivity contribution in [3.05, 3.63) is 30.1 Å². The van der Waals surface area contributed by atoms with Crippen molar-refractivity contribution in [2.24, 2.45) is 5.41 Å². The van der Waals surface area contributed by atoms with Gasteiger partial charge in [0.2, 0.25) is 11.8 Å². The predicted molar refractivity (Wildman–Crippen MR) is 92.5 cm³/mol. The van der Waals surface area contributed by atoms with Crippen LogP contribution in [-0.2, 0) is 16.1 Å². The van der Waals surface area contributed by atoms with Gasteiger partial charge in [-0.25, -0.2) is 0 Å². The number of carbonyl (C=O) groups excluding carboxylic acids is 2. The first-order valence-corrected chi connectivity index (χ1v) is 8.79. The van der Waals surface area contributed by atoms with Crippen LogP contribution in [0, 0.1) is 5.41 Å². The van der Waals surface area contributed by atoms with Crippen molar-refractivity contribution in [1.29, 1.82) is 0 Å². The number of carbonyl (C=O) groups is 2. The normalized spacial score (nSPS) is 22.3. The minimum absolute atomic E-state index is 0.0622. The molecule has 1 aliphatic heterocycles. The molecule has 2 amide bonds. The number of nitrogens with zero attached hydrogens (tertiary/aromatic N) is 3. The van der Waals surface area contributed by atoms with Crippen LogP contribution in [-0.4, -0.2) is 71.0 Å². The lowest BCUT2D eigenvalue weighted by atomic mass is 10.1. The Labute approximate surface area is 148 Å². The fraction of sp³-hybridized carbons (Fsp3) is 0.611. The van der Waals surface area contributed by atoms with Crippen LogP contribution in [0.2, 0.25) is 0 Å². The first-order chi connectivity index (χ1) is 12.0. The van der Waals surface area contributed by atoms with Gasteiger partial charge in [0.15, 0.2) is 0 Å². The Balaban J connectivity index is 1.62. The first-order valence-electron chi connectivity index (χ1n) is 8.79. The fourth-order valence-corrected chi connectivity index (χ4v) is 3.33. The van der Waals surface area contributed by atoms with Gasteiger partial charge in [-0.15, -0.1) is 0 Å². The Kier molecular flexibility index (Phi) is 5.34. The SMILES string of the molecule is CN(CC1(CO)CC1)C(=O)C[C@H]1C(=O)NCCN1Cc1ccccn1. The van der Waals surface area contributed by atoms with Gasteiger partial charge in [0.05, 0.1) is 24.8 Å². The Morgan fingerprint density at radius 3 is 2.92 bits per heavy atom. The molecule has 1 atom stereocenters. The number of rotatable bonds is 7. The molecule has 0 aromatic carbocycles. The fourth-order valence-electron chi connectivity index (χ4n) is 3.33. The van der Waals surface area contributed by atoms with E-state index in [1.807, 2.05) is 23.1 Å². The molecule has 7 heteroatoms. The van der Waals surface area contributed by atoms with Crippen LogP contribution in [0.3, 0.4) is 0 Å². The lowest BCUT2D eigenvalue weighted by Gasteiger charge is -2.35. The number of amides is 2. The van der Waals surface area contributed by atoms with E-state index in [2.05, 4.69) is 10.3 Å². The Morgan fingerprint density at radius 2 is 2.28 bits per heavy atom. The van der Waals surface area contributed by atoms with E-state index in [1.165, 1.54) is 0 Å². The van der Waals surface area contributed by atoms with Gasteiger partial charge >= 0.3 is 0 Å². The highest BCUT2D eigenvalue weighted by Crippen LogP contribution is 2.45. The second kappa shape index (κ2) is 7.49. The van der Waals surface area contributed by atoms with Crippen molar-refractivity contribution >= 4 is 11.8 Å². The molecule has 0 radical (unpaired) electrons. The van der Waals surface area contributed by atoms with E-state index < -0.39 is 6.04 Å². The number of piperazine rings is 1. The zero-order chi connectivity index (χ0) is 17.9. The minimum atomic E-state index is -0.477. The molecule has 7 nitrogen and oxygen atoms in total. The van der Waals surface area contributed by atoms with Crippen LogP contribution in [0.25, 0.3) is 0 Å². The minimum Gasteiger partial charge on any atom is -0.396 e. The average Bonchev–Trinajstić information content (AvgIpc) is 3.38. The second-order valence-electron chi connectivity index (χ2n) is 7.21. The quantitative estimate of drug-likeness (QED) is 0.726. The molecule has 1 saturated heterocycles. The summed E-state index contributed by atoms with van der Waals surface area (Å²) in [7, 11) is 1.75. The van der Waals surface area contributed by atoms with Gasteiger partial charge in [-0.3, -0.25) is 19.5 Å². The number of hydrogen-bond donors (Lipinski definition) is 2. The van der Waals surface area contributed by atoms with Gasteiger partial charge in [-0.1, -0.05) is 6.07 Å². The van der Waals surface area contributed by atoms with E-state index >= 15 is 0 Å². The van der Waals surface area contributed by atoms with E-state index in [-0.39, 0.29) is 30.3 Å². The maximum atomic E-state index is 12.6. The van der Waals surface area contributed by atoms with Crippen LogP contribution in [0.5, 0.6) is 0 Å². The van der Waals surface area contributed by atoms with Crippen molar-refractivity contribution < 1.29 is 14.7 Å². The smallest absolute Gasteiger partial charge is 0.237 e. The van der Waals surface area contributed by atoms with Gasteiger partial charge in [0.1, 0.15) is 0 Å².